The highest BCUT2D eigenvalue weighted by Gasteiger charge is 2.49. The highest BCUT2D eigenvalue weighted by atomic mass is 32.2. The van der Waals surface area contributed by atoms with E-state index in [0.29, 0.717) is 6.54 Å². The number of benzene rings is 3. The molecule has 4 aliphatic rings. The molecule has 2 heterocycles. The predicted molar refractivity (Wildman–Crippen MR) is 255 cm³/mol. The summed E-state index contributed by atoms with van der Waals surface area (Å²) in [4.78, 5) is 70.8. The Labute approximate surface area is 391 Å². The first-order chi connectivity index (χ1) is 32.0. The first-order valence-electron chi connectivity index (χ1n) is 24.6. The summed E-state index contributed by atoms with van der Waals surface area (Å²) in [5, 5.41) is 9.27. The van der Waals surface area contributed by atoms with Crippen molar-refractivity contribution in [2.24, 2.45) is 11.8 Å². The number of nitrogens with zero attached hydrogens (tertiary/aromatic N) is 3. The fraction of sp³-hybridized carbons (Fsp3) is 0.558. The van der Waals surface area contributed by atoms with Gasteiger partial charge in [0.1, 0.15) is 6.04 Å². The molecule has 3 N–H and O–H groups in total. The molecule has 7 atom stereocenters. The lowest BCUT2D eigenvalue weighted by Crippen LogP contribution is -2.61. The van der Waals surface area contributed by atoms with Crippen LogP contribution in [0.25, 0.3) is 0 Å². The second kappa shape index (κ2) is 23.1. The zero-order valence-corrected chi connectivity index (χ0v) is 39.7. The summed E-state index contributed by atoms with van der Waals surface area (Å²) in [5.41, 5.74) is 2.52. The van der Waals surface area contributed by atoms with Gasteiger partial charge in [0.05, 0.1) is 16.7 Å². The number of likely N-dealkylation sites (tertiary alicyclic amines) is 1. The van der Waals surface area contributed by atoms with Crippen LogP contribution in [0.5, 0.6) is 0 Å². The van der Waals surface area contributed by atoms with Crippen LogP contribution in [-0.4, -0.2) is 109 Å². The molecule has 7 rings (SSSR count). The Bertz CT molecular complexity index is 2150. The van der Waals surface area contributed by atoms with Crippen molar-refractivity contribution in [3.8, 4) is 0 Å². The lowest BCUT2D eigenvalue weighted by atomic mass is 9.94. The molecule has 5 amide bonds. The van der Waals surface area contributed by atoms with Gasteiger partial charge in [-0.15, -0.1) is 0 Å². The number of carbonyl (C=O) groups is 5. The van der Waals surface area contributed by atoms with E-state index in [1.807, 2.05) is 60.7 Å². The van der Waals surface area contributed by atoms with Crippen LogP contribution in [0, 0.1) is 11.8 Å². The van der Waals surface area contributed by atoms with E-state index >= 15 is 0 Å². The van der Waals surface area contributed by atoms with Gasteiger partial charge in [-0.2, -0.15) is 4.31 Å². The van der Waals surface area contributed by atoms with Gasteiger partial charge >= 0.3 is 0 Å². The van der Waals surface area contributed by atoms with Gasteiger partial charge in [0, 0.05) is 75.7 Å². The predicted octanol–water partition coefficient (Wildman–Crippen LogP) is 6.76. The van der Waals surface area contributed by atoms with E-state index in [4.69, 9.17) is 0 Å². The number of sulfonamides is 1. The van der Waals surface area contributed by atoms with Crippen molar-refractivity contribution in [1.29, 1.82) is 0 Å². The van der Waals surface area contributed by atoms with Crippen LogP contribution < -0.4 is 16.0 Å². The number of carbonyl (C=O) groups excluding carboxylic acids is 5. The van der Waals surface area contributed by atoms with E-state index in [1.165, 1.54) is 103 Å². The summed E-state index contributed by atoms with van der Waals surface area (Å²) < 4.78 is 29.3. The maximum atomic E-state index is 14.1. The minimum Gasteiger partial charge on any atom is -0.354 e. The average Bonchev–Trinajstić information content (AvgIpc) is 4.24. The second-order valence-electron chi connectivity index (χ2n) is 19.0. The molecule has 0 bridgehead atoms. The van der Waals surface area contributed by atoms with Crippen molar-refractivity contribution in [3.63, 3.8) is 0 Å². The molecule has 3 aromatic rings. The van der Waals surface area contributed by atoms with Crippen molar-refractivity contribution in [2.75, 3.05) is 39.3 Å². The second-order valence-corrected chi connectivity index (χ2v) is 20.9. The molecule has 2 aliphatic heterocycles. The molecule has 2 saturated carbocycles. The molecule has 2 aliphatic carbocycles. The molecule has 356 valence electrons. The standard InChI is InChI=1S/C52H70N6O7S/c1-3-4-5-6-7-8-9-10-11-12-13-20-29-53-51(62)48-36-57(30-31-58(48)37(2)59)66(64,65)41-27-25-40(26-28-41)52(63)56-34-44(49(60)54-46-32-42(46)38-21-16-14-17-22-38)45(35-56)50(61)55-47-33-43(47)39-23-18-15-19-24-39/h14-19,21-28,42-48H,3-13,20,29-36H2,1-2H3,(H,53,62)(H,54,60)(H,55,61)/t42-,43-,44-,45-,46+,47+,48+/m1/s1. The van der Waals surface area contributed by atoms with E-state index in [0.717, 1.165) is 43.2 Å². The normalized spacial score (nSPS) is 23.8. The molecule has 0 spiro atoms. The summed E-state index contributed by atoms with van der Waals surface area (Å²) in [6.45, 7) is 4.07. The van der Waals surface area contributed by atoms with E-state index in [-0.39, 0.29) is 90.7 Å². The molecule has 4 fully saturated rings. The first kappa shape index (κ1) is 48.8. The van der Waals surface area contributed by atoms with Crippen LogP contribution in [0.4, 0.5) is 0 Å². The third kappa shape index (κ3) is 12.7. The van der Waals surface area contributed by atoms with Gasteiger partial charge in [-0.05, 0) is 54.7 Å². The van der Waals surface area contributed by atoms with Crippen LogP contribution in [0.15, 0.2) is 89.8 Å². The van der Waals surface area contributed by atoms with Gasteiger partial charge in [-0.1, -0.05) is 138 Å². The van der Waals surface area contributed by atoms with E-state index in [1.54, 1.807) is 0 Å². The summed E-state index contributed by atoms with van der Waals surface area (Å²) in [7, 11) is -4.10. The Balaban J connectivity index is 0.927. The van der Waals surface area contributed by atoms with Gasteiger partial charge in [-0.3, -0.25) is 24.0 Å². The van der Waals surface area contributed by atoms with Crippen molar-refractivity contribution < 1.29 is 32.4 Å². The molecular formula is C52H70N6O7S. The molecular weight excluding hydrogens is 853 g/mol. The Morgan fingerprint density at radius 3 is 1.56 bits per heavy atom. The van der Waals surface area contributed by atoms with Gasteiger partial charge in [0.15, 0.2) is 0 Å². The maximum absolute atomic E-state index is 14.1. The fourth-order valence-corrected chi connectivity index (χ4v) is 11.3. The quantitative estimate of drug-likeness (QED) is 0.0885. The minimum atomic E-state index is -4.10. The largest absolute Gasteiger partial charge is 0.354 e. The fourth-order valence-electron chi connectivity index (χ4n) is 9.90. The summed E-state index contributed by atoms with van der Waals surface area (Å²) in [5.74, 6) is -2.72. The Morgan fingerprint density at radius 2 is 1.08 bits per heavy atom. The van der Waals surface area contributed by atoms with Crippen LogP contribution in [0.1, 0.15) is 137 Å². The lowest BCUT2D eigenvalue weighted by Gasteiger charge is -2.39. The zero-order valence-electron chi connectivity index (χ0n) is 38.9. The molecule has 0 radical (unpaired) electrons. The molecule has 3 aromatic carbocycles. The summed E-state index contributed by atoms with van der Waals surface area (Å²) in [6.07, 6.45) is 16.1. The SMILES string of the molecule is CCCCCCCCCCCCCCNC(=O)[C@@H]1CN(S(=O)(=O)c2ccc(C(=O)N3C[C@@H](C(=O)N[C@H]4C[C@@H]4c4ccccc4)[C@H](C(=O)N[C@H]4C[C@@H]4c4ccccc4)C3)cc2)CCN1C(C)=O. The number of unbranched alkanes of at least 4 members (excludes halogenated alkanes) is 11. The van der Waals surface area contributed by atoms with Crippen LogP contribution in [0.3, 0.4) is 0 Å². The number of nitrogens with one attached hydrogen (secondary N) is 3. The van der Waals surface area contributed by atoms with Crippen molar-refractivity contribution >= 4 is 39.6 Å². The van der Waals surface area contributed by atoms with Crippen molar-refractivity contribution in [1.82, 2.24) is 30.1 Å². The third-order valence-electron chi connectivity index (χ3n) is 14.1. The third-order valence-corrected chi connectivity index (χ3v) is 16.0. The van der Waals surface area contributed by atoms with Crippen LogP contribution in [-0.2, 0) is 29.2 Å². The lowest BCUT2D eigenvalue weighted by molar-refractivity contribution is -0.141. The van der Waals surface area contributed by atoms with E-state index in [2.05, 4.69) is 22.9 Å². The van der Waals surface area contributed by atoms with Crippen molar-refractivity contribution in [2.45, 2.75) is 139 Å². The Kier molecular flexibility index (Phi) is 17.1. The highest BCUT2D eigenvalue weighted by Crippen LogP contribution is 2.43. The van der Waals surface area contributed by atoms with Gasteiger partial charge in [-0.25, -0.2) is 8.42 Å². The molecule has 0 unspecified atom stereocenters. The molecule has 2 saturated heterocycles. The number of piperazine rings is 1. The average molecular weight is 923 g/mol. The van der Waals surface area contributed by atoms with Crippen LogP contribution in [0.2, 0.25) is 0 Å². The maximum Gasteiger partial charge on any atom is 0.253 e. The number of hydrogen-bond acceptors (Lipinski definition) is 7. The van der Waals surface area contributed by atoms with E-state index in [9.17, 15) is 32.4 Å². The monoisotopic (exact) mass is 923 g/mol. The zero-order chi connectivity index (χ0) is 46.6. The molecule has 13 nitrogen and oxygen atoms in total. The van der Waals surface area contributed by atoms with Crippen LogP contribution >= 0.6 is 0 Å². The number of amides is 5. The first-order valence-corrected chi connectivity index (χ1v) is 26.0. The van der Waals surface area contributed by atoms with Gasteiger partial charge < -0.3 is 25.8 Å². The summed E-state index contributed by atoms with van der Waals surface area (Å²) >= 11 is 0. The van der Waals surface area contributed by atoms with Crippen molar-refractivity contribution in [3.05, 3.63) is 102 Å². The smallest absolute Gasteiger partial charge is 0.253 e. The van der Waals surface area contributed by atoms with Gasteiger partial charge in [0.25, 0.3) is 5.91 Å². The van der Waals surface area contributed by atoms with E-state index < -0.39 is 33.8 Å². The molecule has 0 aromatic heterocycles. The minimum absolute atomic E-state index is 0.0195. The Morgan fingerprint density at radius 1 is 0.591 bits per heavy atom. The number of hydrogen-bond donors (Lipinski definition) is 3. The number of rotatable bonds is 23. The molecule has 66 heavy (non-hydrogen) atoms. The summed E-state index contributed by atoms with van der Waals surface area (Å²) in [6, 6.07) is 24.6. The van der Waals surface area contributed by atoms with Gasteiger partial charge in [0.2, 0.25) is 33.7 Å². The topological polar surface area (TPSA) is 165 Å². The highest BCUT2D eigenvalue weighted by molar-refractivity contribution is 7.89. The Hall–Kier alpha value is -5.08. The molecule has 14 heteroatoms.